The standard InChI is InChI=1S/C15H23NO2/c1-10-6-7-13(12(3)11(10)2)8-9-14(15(17)18)16(4)5/h6-7,14H,8-9H2,1-5H3,(H,17,18). The van der Waals surface area contributed by atoms with E-state index in [4.69, 9.17) is 5.11 Å². The van der Waals surface area contributed by atoms with Crippen molar-refractivity contribution in [3.05, 3.63) is 34.4 Å². The van der Waals surface area contributed by atoms with Gasteiger partial charge < -0.3 is 5.11 Å². The van der Waals surface area contributed by atoms with Crippen molar-refractivity contribution in [2.75, 3.05) is 14.1 Å². The molecule has 3 heteroatoms. The van der Waals surface area contributed by atoms with Crippen molar-refractivity contribution in [3.8, 4) is 0 Å². The quantitative estimate of drug-likeness (QED) is 0.872. The molecule has 0 saturated carbocycles. The fourth-order valence-corrected chi connectivity index (χ4v) is 2.18. The van der Waals surface area contributed by atoms with Crippen molar-refractivity contribution in [3.63, 3.8) is 0 Å². The van der Waals surface area contributed by atoms with Gasteiger partial charge in [0.1, 0.15) is 6.04 Å². The van der Waals surface area contributed by atoms with Gasteiger partial charge in [-0.15, -0.1) is 0 Å². The molecule has 0 amide bonds. The second-order valence-corrected chi connectivity index (χ2v) is 5.15. The molecule has 0 aromatic heterocycles. The molecule has 0 aliphatic carbocycles. The first-order valence-electron chi connectivity index (χ1n) is 6.29. The number of rotatable bonds is 5. The Hall–Kier alpha value is -1.35. The number of benzene rings is 1. The van der Waals surface area contributed by atoms with Gasteiger partial charge in [0.05, 0.1) is 0 Å². The van der Waals surface area contributed by atoms with Crippen LogP contribution in [0.4, 0.5) is 0 Å². The van der Waals surface area contributed by atoms with Crippen molar-refractivity contribution in [2.24, 2.45) is 0 Å². The Morgan fingerprint density at radius 3 is 2.33 bits per heavy atom. The van der Waals surface area contributed by atoms with Gasteiger partial charge in [0.25, 0.3) is 0 Å². The summed E-state index contributed by atoms with van der Waals surface area (Å²) in [6.07, 6.45) is 1.45. The highest BCUT2D eigenvalue weighted by atomic mass is 16.4. The Labute approximate surface area is 109 Å². The van der Waals surface area contributed by atoms with Crippen LogP contribution in [0.3, 0.4) is 0 Å². The van der Waals surface area contributed by atoms with E-state index in [0.717, 1.165) is 6.42 Å². The summed E-state index contributed by atoms with van der Waals surface area (Å²) in [6.45, 7) is 6.34. The fourth-order valence-electron chi connectivity index (χ4n) is 2.18. The lowest BCUT2D eigenvalue weighted by atomic mass is 9.94. The molecule has 1 rings (SSSR count). The second-order valence-electron chi connectivity index (χ2n) is 5.15. The van der Waals surface area contributed by atoms with Crippen molar-refractivity contribution < 1.29 is 9.90 Å². The zero-order valence-electron chi connectivity index (χ0n) is 11.9. The van der Waals surface area contributed by atoms with E-state index < -0.39 is 12.0 Å². The zero-order valence-corrected chi connectivity index (χ0v) is 11.9. The third kappa shape index (κ3) is 3.33. The van der Waals surface area contributed by atoms with Gasteiger partial charge in [-0.3, -0.25) is 9.69 Å². The van der Waals surface area contributed by atoms with Crippen molar-refractivity contribution >= 4 is 5.97 Å². The molecule has 1 unspecified atom stereocenters. The molecule has 0 heterocycles. The van der Waals surface area contributed by atoms with Crippen LogP contribution in [0.15, 0.2) is 12.1 Å². The summed E-state index contributed by atoms with van der Waals surface area (Å²) in [6, 6.07) is 3.82. The van der Waals surface area contributed by atoms with Crippen LogP contribution < -0.4 is 0 Å². The molecule has 0 aliphatic rings. The molecular formula is C15H23NO2. The van der Waals surface area contributed by atoms with E-state index in [1.807, 2.05) is 14.1 Å². The monoisotopic (exact) mass is 249 g/mol. The number of carbonyl (C=O) groups is 1. The predicted octanol–water partition coefficient (Wildman–Crippen LogP) is 2.56. The van der Waals surface area contributed by atoms with Gasteiger partial charge in [-0.05, 0) is 70.0 Å². The summed E-state index contributed by atoms with van der Waals surface area (Å²) in [5.74, 6) is -0.749. The van der Waals surface area contributed by atoms with Crippen LogP contribution in [0, 0.1) is 20.8 Å². The van der Waals surface area contributed by atoms with Gasteiger partial charge in [-0.1, -0.05) is 12.1 Å². The Balaban J connectivity index is 2.80. The molecular weight excluding hydrogens is 226 g/mol. The molecule has 1 atom stereocenters. The summed E-state index contributed by atoms with van der Waals surface area (Å²) < 4.78 is 0. The van der Waals surface area contributed by atoms with Crippen molar-refractivity contribution in [1.82, 2.24) is 4.90 Å². The molecule has 0 saturated heterocycles. The lowest BCUT2D eigenvalue weighted by molar-refractivity contribution is -0.142. The smallest absolute Gasteiger partial charge is 0.320 e. The third-order valence-corrected chi connectivity index (χ3v) is 3.77. The molecule has 0 radical (unpaired) electrons. The minimum absolute atomic E-state index is 0.411. The molecule has 1 N–H and O–H groups in total. The summed E-state index contributed by atoms with van der Waals surface area (Å²) >= 11 is 0. The van der Waals surface area contributed by atoms with E-state index in [-0.39, 0.29) is 0 Å². The Morgan fingerprint density at radius 2 is 1.83 bits per heavy atom. The largest absolute Gasteiger partial charge is 0.480 e. The lowest BCUT2D eigenvalue weighted by Gasteiger charge is -2.20. The molecule has 0 bridgehead atoms. The average molecular weight is 249 g/mol. The number of hydrogen-bond acceptors (Lipinski definition) is 2. The van der Waals surface area contributed by atoms with Crippen LogP contribution in [-0.2, 0) is 11.2 Å². The maximum absolute atomic E-state index is 11.1. The molecule has 0 spiro atoms. The van der Waals surface area contributed by atoms with E-state index in [9.17, 15) is 4.79 Å². The second kappa shape index (κ2) is 6.01. The highest BCUT2D eigenvalue weighted by molar-refractivity contribution is 5.73. The predicted molar refractivity (Wildman–Crippen MR) is 74.1 cm³/mol. The maximum atomic E-state index is 11.1. The summed E-state index contributed by atoms with van der Waals surface area (Å²) in [5.41, 5.74) is 5.15. The number of carboxylic acid groups (broad SMARTS) is 1. The van der Waals surface area contributed by atoms with E-state index in [1.165, 1.54) is 22.3 Å². The van der Waals surface area contributed by atoms with Crippen molar-refractivity contribution in [2.45, 2.75) is 39.7 Å². The Bertz CT molecular complexity index is 438. The lowest BCUT2D eigenvalue weighted by Crippen LogP contribution is -2.36. The maximum Gasteiger partial charge on any atom is 0.320 e. The van der Waals surface area contributed by atoms with Crippen LogP contribution in [0.25, 0.3) is 0 Å². The molecule has 0 aliphatic heterocycles. The Kier molecular flexibility index (Phi) is 4.91. The van der Waals surface area contributed by atoms with Crippen LogP contribution >= 0.6 is 0 Å². The average Bonchev–Trinajstić information content (AvgIpc) is 2.28. The highest BCUT2D eigenvalue weighted by Gasteiger charge is 2.19. The number of nitrogens with zero attached hydrogens (tertiary/aromatic N) is 1. The van der Waals surface area contributed by atoms with E-state index in [1.54, 1.807) is 4.90 Å². The molecule has 1 aromatic rings. The summed E-state index contributed by atoms with van der Waals surface area (Å²) in [4.78, 5) is 12.9. The van der Waals surface area contributed by atoms with E-state index >= 15 is 0 Å². The fraction of sp³-hybridized carbons (Fsp3) is 0.533. The van der Waals surface area contributed by atoms with Crippen molar-refractivity contribution in [1.29, 1.82) is 0 Å². The number of hydrogen-bond donors (Lipinski definition) is 1. The third-order valence-electron chi connectivity index (χ3n) is 3.77. The van der Waals surface area contributed by atoms with Gasteiger partial charge in [-0.2, -0.15) is 0 Å². The molecule has 3 nitrogen and oxygen atoms in total. The number of likely N-dealkylation sites (N-methyl/N-ethyl adjacent to an activating group) is 1. The van der Waals surface area contributed by atoms with E-state index in [0.29, 0.717) is 6.42 Å². The topological polar surface area (TPSA) is 40.5 Å². The number of aryl methyl sites for hydroxylation is 2. The molecule has 1 aromatic carbocycles. The first-order chi connectivity index (χ1) is 8.34. The van der Waals surface area contributed by atoms with Crippen LogP contribution in [0.1, 0.15) is 28.7 Å². The van der Waals surface area contributed by atoms with Crippen LogP contribution in [0.2, 0.25) is 0 Å². The molecule has 100 valence electrons. The minimum atomic E-state index is -0.749. The van der Waals surface area contributed by atoms with Gasteiger partial charge >= 0.3 is 5.97 Å². The normalized spacial score (nSPS) is 12.8. The van der Waals surface area contributed by atoms with Gasteiger partial charge in [0.15, 0.2) is 0 Å². The number of carboxylic acids is 1. The van der Waals surface area contributed by atoms with Crippen LogP contribution in [-0.4, -0.2) is 36.1 Å². The first kappa shape index (κ1) is 14.7. The highest BCUT2D eigenvalue weighted by Crippen LogP contribution is 2.19. The van der Waals surface area contributed by atoms with Gasteiger partial charge in [0.2, 0.25) is 0 Å². The first-order valence-corrected chi connectivity index (χ1v) is 6.29. The number of aliphatic carboxylic acids is 1. The van der Waals surface area contributed by atoms with Gasteiger partial charge in [-0.25, -0.2) is 0 Å². The molecule has 18 heavy (non-hydrogen) atoms. The molecule has 0 fully saturated rings. The van der Waals surface area contributed by atoms with Gasteiger partial charge in [0, 0.05) is 0 Å². The zero-order chi connectivity index (χ0) is 13.9. The Morgan fingerprint density at radius 1 is 1.22 bits per heavy atom. The SMILES string of the molecule is Cc1ccc(CCC(C(=O)O)N(C)C)c(C)c1C. The summed E-state index contributed by atoms with van der Waals surface area (Å²) in [7, 11) is 3.62. The van der Waals surface area contributed by atoms with Crippen LogP contribution in [0.5, 0.6) is 0 Å². The summed E-state index contributed by atoms with van der Waals surface area (Å²) in [5, 5.41) is 9.15. The minimum Gasteiger partial charge on any atom is -0.480 e. The van der Waals surface area contributed by atoms with E-state index in [2.05, 4.69) is 32.9 Å².